The molecular weight excluding hydrogens is 380 g/mol. The topological polar surface area (TPSA) is 88.1 Å². The fourth-order valence-corrected chi connectivity index (χ4v) is 4.06. The summed E-state index contributed by atoms with van der Waals surface area (Å²) in [5.74, 6) is 1.95. The lowest BCUT2D eigenvalue weighted by Gasteiger charge is -2.32. The van der Waals surface area contributed by atoms with Gasteiger partial charge in [-0.2, -0.15) is 5.10 Å². The second kappa shape index (κ2) is 9.13. The van der Waals surface area contributed by atoms with Crippen molar-refractivity contribution in [3.8, 4) is 5.75 Å². The van der Waals surface area contributed by atoms with Crippen LogP contribution in [0.1, 0.15) is 47.6 Å². The Morgan fingerprint density at radius 2 is 2.17 bits per heavy atom. The zero-order chi connectivity index (χ0) is 20.9. The number of carbonyl (C=O) groups excluding carboxylic acids is 1. The fraction of sp³-hybridized carbons (Fsp3) is 0.409. The van der Waals surface area contributed by atoms with Crippen LogP contribution in [0.5, 0.6) is 5.75 Å². The number of hydrogen-bond donors (Lipinski definition) is 2. The summed E-state index contributed by atoms with van der Waals surface area (Å²) in [7, 11) is 1.61. The molecule has 1 aliphatic rings. The molecule has 0 radical (unpaired) electrons. The van der Waals surface area contributed by atoms with Crippen molar-refractivity contribution in [2.45, 2.75) is 38.8 Å². The van der Waals surface area contributed by atoms with Crippen LogP contribution in [-0.4, -0.2) is 50.8 Å². The minimum Gasteiger partial charge on any atom is -0.497 e. The predicted octanol–water partition coefficient (Wildman–Crippen LogP) is 3.27. The molecule has 1 atom stereocenters. The van der Waals surface area contributed by atoms with Crippen LogP contribution in [0.4, 0.5) is 5.69 Å². The molecule has 8 nitrogen and oxygen atoms in total. The van der Waals surface area contributed by atoms with Gasteiger partial charge >= 0.3 is 0 Å². The summed E-state index contributed by atoms with van der Waals surface area (Å²) in [6, 6.07) is 7.08. The Labute approximate surface area is 176 Å². The lowest BCUT2D eigenvalue weighted by Crippen LogP contribution is -2.35. The van der Waals surface area contributed by atoms with Gasteiger partial charge in [-0.15, -0.1) is 0 Å². The number of aromatic amines is 1. The van der Waals surface area contributed by atoms with Gasteiger partial charge in [0.2, 0.25) is 0 Å². The van der Waals surface area contributed by atoms with Crippen LogP contribution in [-0.2, 0) is 13.1 Å². The molecule has 1 amide bonds. The Kier molecular flexibility index (Phi) is 6.13. The Morgan fingerprint density at radius 3 is 2.93 bits per heavy atom. The van der Waals surface area contributed by atoms with Gasteiger partial charge in [-0.05, 0) is 50.6 Å². The van der Waals surface area contributed by atoms with Gasteiger partial charge in [-0.1, -0.05) is 0 Å². The molecule has 1 saturated heterocycles. The first-order valence-electron chi connectivity index (χ1n) is 10.4. The third kappa shape index (κ3) is 4.38. The van der Waals surface area contributed by atoms with Crippen molar-refractivity contribution < 1.29 is 9.53 Å². The number of aromatic nitrogens is 4. The molecule has 0 unspecified atom stereocenters. The molecule has 1 fully saturated rings. The monoisotopic (exact) mass is 408 g/mol. The van der Waals surface area contributed by atoms with Crippen molar-refractivity contribution in [3.05, 3.63) is 59.9 Å². The highest BCUT2D eigenvalue weighted by atomic mass is 16.5. The first kappa shape index (κ1) is 20.2. The van der Waals surface area contributed by atoms with E-state index in [0.29, 0.717) is 5.56 Å². The molecule has 2 aromatic heterocycles. The first-order chi connectivity index (χ1) is 14.7. The van der Waals surface area contributed by atoms with E-state index < -0.39 is 0 Å². The quantitative estimate of drug-likeness (QED) is 0.626. The summed E-state index contributed by atoms with van der Waals surface area (Å²) < 4.78 is 7.34. The van der Waals surface area contributed by atoms with Crippen molar-refractivity contribution in [1.29, 1.82) is 0 Å². The second-order valence-electron chi connectivity index (χ2n) is 7.58. The van der Waals surface area contributed by atoms with Crippen LogP contribution in [0.25, 0.3) is 0 Å². The van der Waals surface area contributed by atoms with Crippen molar-refractivity contribution in [2.24, 2.45) is 0 Å². The smallest absolute Gasteiger partial charge is 0.255 e. The van der Waals surface area contributed by atoms with Crippen LogP contribution >= 0.6 is 0 Å². The number of nitrogens with zero attached hydrogens (tertiary/aromatic N) is 4. The molecule has 1 aromatic carbocycles. The minimum absolute atomic E-state index is 0.155. The fourth-order valence-electron chi connectivity index (χ4n) is 4.06. The van der Waals surface area contributed by atoms with Crippen LogP contribution in [0, 0.1) is 0 Å². The van der Waals surface area contributed by atoms with E-state index in [1.165, 1.54) is 0 Å². The van der Waals surface area contributed by atoms with E-state index in [4.69, 9.17) is 4.74 Å². The number of benzene rings is 1. The van der Waals surface area contributed by atoms with E-state index >= 15 is 0 Å². The number of likely N-dealkylation sites (tertiary alicyclic amines) is 1. The zero-order valence-corrected chi connectivity index (χ0v) is 17.5. The van der Waals surface area contributed by atoms with Crippen molar-refractivity contribution >= 4 is 11.6 Å². The Bertz CT molecular complexity index is 978. The number of ether oxygens (including phenoxy) is 1. The van der Waals surface area contributed by atoms with E-state index in [1.54, 1.807) is 37.6 Å². The number of amides is 1. The highest BCUT2D eigenvalue weighted by Gasteiger charge is 2.26. The largest absolute Gasteiger partial charge is 0.497 e. The lowest BCUT2D eigenvalue weighted by atomic mass is 9.94. The highest BCUT2D eigenvalue weighted by Crippen LogP contribution is 2.31. The van der Waals surface area contributed by atoms with Gasteiger partial charge in [0.05, 0.1) is 31.2 Å². The third-order valence-corrected chi connectivity index (χ3v) is 5.69. The SMILES string of the molecule is CCn1ccnc1CN1CCC[C@H](c2[nH]ncc2NC(=O)c2ccc(OC)cc2)C1. The summed E-state index contributed by atoms with van der Waals surface area (Å²) in [6.45, 7) is 5.85. The van der Waals surface area contributed by atoms with E-state index in [9.17, 15) is 4.79 Å². The molecule has 0 spiro atoms. The number of imidazole rings is 1. The standard InChI is InChI=1S/C22H28N6O2/c1-3-28-12-10-23-20(28)15-27-11-4-5-17(14-27)21-19(13-24-26-21)25-22(29)16-6-8-18(30-2)9-7-16/h6-10,12-13,17H,3-5,11,14-15H2,1-2H3,(H,24,26)(H,25,29)/t17-/m0/s1. The van der Waals surface area contributed by atoms with Gasteiger partial charge in [-0.25, -0.2) is 4.98 Å². The second-order valence-corrected chi connectivity index (χ2v) is 7.58. The Balaban J connectivity index is 1.43. The van der Waals surface area contributed by atoms with Gasteiger partial charge in [0.25, 0.3) is 5.91 Å². The van der Waals surface area contributed by atoms with Gasteiger partial charge in [0, 0.05) is 37.0 Å². The van der Waals surface area contributed by atoms with Crippen LogP contribution in [0.3, 0.4) is 0 Å². The number of carbonyl (C=O) groups is 1. The molecule has 0 bridgehead atoms. The molecule has 8 heteroatoms. The maximum absolute atomic E-state index is 12.7. The normalized spacial score (nSPS) is 17.1. The number of piperidine rings is 1. The molecule has 3 heterocycles. The zero-order valence-electron chi connectivity index (χ0n) is 17.5. The molecule has 4 rings (SSSR count). The Hall–Kier alpha value is -3.13. The van der Waals surface area contributed by atoms with Crippen molar-refractivity contribution in [2.75, 3.05) is 25.5 Å². The third-order valence-electron chi connectivity index (χ3n) is 5.69. The molecule has 30 heavy (non-hydrogen) atoms. The van der Waals surface area contributed by atoms with E-state index in [1.807, 2.05) is 12.4 Å². The average Bonchev–Trinajstić information content (AvgIpc) is 3.43. The molecule has 3 aromatic rings. The summed E-state index contributed by atoms with van der Waals surface area (Å²) in [4.78, 5) is 19.6. The molecule has 158 valence electrons. The number of H-pyrrole nitrogens is 1. The van der Waals surface area contributed by atoms with Gasteiger partial charge in [-0.3, -0.25) is 14.8 Å². The van der Waals surface area contributed by atoms with Crippen LogP contribution < -0.4 is 10.1 Å². The molecule has 0 aliphatic carbocycles. The summed E-state index contributed by atoms with van der Waals surface area (Å²) in [5.41, 5.74) is 2.32. The maximum atomic E-state index is 12.7. The van der Waals surface area contributed by atoms with Gasteiger partial charge in [0.15, 0.2) is 0 Å². The van der Waals surface area contributed by atoms with E-state index in [-0.39, 0.29) is 11.8 Å². The number of hydrogen-bond acceptors (Lipinski definition) is 5. The summed E-state index contributed by atoms with van der Waals surface area (Å²) >= 11 is 0. The number of aryl methyl sites for hydroxylation is 1. The molecule has 0 saturated carbocycles. The average molecular weight is 409 g/mol. The molecule has 1 aliphatic heterocycles. The summed E-state index contributed by atoms with van der Waals surface area (Å²) in [5, 5.41) is 10.3. The maximum Gasteiger partial charge on any atom is 0.255 e. The number of anilines is 1. The number of nitrogens with one attached hydrogen (secondary N) is 2. The highest BCUT2D eigenvalue weighted by molar-refractivity contribution is 6.04. The first-order valence-corrected chi connectivity index (χ1v) is 10.4. The van der Waals surface area contributed by atoms with Crippen molar-refractivity contribution in [1.82, 2.24) is 24.6 Å². The molecule has 2 N–H and O–H groups in total. The Morgan fingerprint density at radius 1 is 1.33 bits per heavy atom. The van der Waals surface area contributed by atoms with E-state index in [0.717, 1.165) is 62.0 Å². The van der Waals surface area contributed by atoms with Gasteiger partial charge < -0.3 is 14.6 Å². The van der Waals surface area contributed by atoms with E-state index in [2.05, 4.69) is 36.9 Å². The molecular formula is C22H28N6O2. The minimum atomic E-state index is -0.155. The predicted molar refractivity (Wildman–Crippen MR) is 115 cm³/mol. The lowest BCUT2D eigenvalue weighted by molar-refractivity contribution is 0.102. The van der Waals surface area contributed by atoms with Crippen molar-refractivity contribution in [3.63, 3.8) is 0 Å². The van der Waals surface area contributed by atoms with Crippen LogP contribution in [0.2, 0.25) is 0 Å². The summed E-state index contributed by atoms with van der Waals surface area (Å²) in [6.07, 6.45) is 7.74. The van der Waals surface area contributed by atoms with Gasteiger partial charge in [0.1, 0.15) is 11.6 Å². The van der Waals surface area contributed by atoms with Crippen LogP contribution in [0.15, 0.2) is 42.9 Å². The number of rotatable bonds is 7. The number of methoxy groups -OCH3 is 1.